The van der Waals surface area contributed by atoms with Gasteiger partial charge in [-0.2, -0.15) is 5.10 Å². The normalized spacial score (nSPS) is 11.4. The highest BCUT2D eigenvalue weighted by Crippen LogP contribution is 2.29. The van der Waals surface area contributed by atoms with Crippen LogP contribution in [0.5, 0.6) is 0 Å². The molecule has 0 aliphatic carbocycles. The SMILES string of the molecule is CN(C)C(=O)CCCCC(=O)NS(=O)(=O)c1ccccc1-c1ccc(Cn2nc(-c3ccc(Cl)cc3)c3ccccc3c2=O)cc1. The van der Waals surface area contributed by atoms with Crippen LogP contribution in [0.15, 0.2) is 107 Å². The second-order valence-corrected chi connectivity index (χ2v) is 13.2. The van der Waals surface area contributed by atoms with Crippen LogP contribution in [-0.2, 0) is 26.2 Å². The van der Waals surface area contributed by atoms with Gasteiger partial charge >= 0.3 is 0 Å². The molecule has 1 aromatic heterocycles. The molecule has 0 aliphatic heterocycles. The summed E-state index contributed by atoms with van der Waals surface area (Å²) < 4.78 is 30.1. The minimum atomic E-state index is -4.16. The standard InChI is InChI=1S/C35H33ClN4O5S/c1-39(2)33(42)14-8-7-13-32(41)38-46(44,45)31-12-6-5-9-28(31)25-17-15-24(16-18-25)23-40-35(43)30-11-4-3-10-29(30)34(37-40)26-19-21-27(36)22-20-26/h3-6,9-12,15-22H,7-8,13-14,23H2,1-2H3,(H,38,41). The summed E-state index contributed by atoms with van der Waals surface area (Å²) >= 11 is 6.10. The minimum absolute atomic E-state index is 0.0152. The highest BCUT2D eigenvalue weighted by Gasteiger charge is 2.22. The fraction of sp³-hybridized carbons (Fsp3) is 0.200. The van der Waals surface area contributed by atoms with E-state index in [0.717, 1.165) is 16.5 Å². The number of aromatic nitrogens is 2. The average molecular weight is 657 g/mol. The van der Waals surface area contributed by atoms with Crippen molar-refractivity contribution in [3.63, 3.8) is 0 Å². The van der Waals surface area contributed by atoms with Gasteiger partial charge in [-0.25, -0.2) is 17.8 Å². The van der Waals surface area contributed by atoms with Crippen LogP contribution < -0.4 is 10.3 Å². The van der Waals surface area contributed by atoms with Crippen LogP contribution in [0.25, 0.3) is 33.2 Å². The number of amides is 2. The molecule has 1 heterocycles. The smallest absolute Gasteiger partial charge is 0.274 e. The Balaban J connectivity index is 1.35. The Kier molecular flexibility index (Phi) is 9.99. The van der Waals surface area contributed by atoms with Crippen LogP contribution in [0, 0.1) is 0 Å². The number of unbranched alkanes of at least 4 members (excludes halogenated alkanes) is 1. The molecule has 0 unspecified atom stereocenters. The lowest BCUT2D eigenvalue weighted by molar-refractivity contribution is -0.129. The fourth-order valence-electron chi connectivity index (χ4n) is 5.11. The second-order valence-electron chi connectivity index (χ2n) is 11.1. The van der Waals surface area contributed by atoms with E-state index in [1.54, 1.807) is 62.6 Å². The third-order valence-corrected chi connectivity index (χ3v) is 9.23. The molecule has 9 nitrogen and oxygen atoms in total. The molecular formula is C35H33ClN4O5S. The number of carbonyl (C=O) groups is 2. The molecule has 0 aliphatic rings. The van der Waals surface area contributed by atoms with Crippen molar-refractivity contribution < 1.29 is 18.0 Å². The van der Waals surface area contributed by atoms with E-state index in [0.29, 0.717) is 46.5 Å². The highest BCUT2D eigenvalue weighted by atomic mass is 35.5. The number of nitrogens with one attached hydrogen (secondary N) is 1. The number of hydrogen-bond acceptors (Lipinski definition) is 6. The van der Waals surface area contributed by atoms with Gasteiger partial charge in [0, 0.05) is 48.5 Å². The summed E-state index contributed by atoms with van der Waals surface area (Å²) in [6.45, 7) is 0.195. The fourth-order valence-corrected chi connectivity index (χ4v) is 6.48. The lowest BCUT2D eigenvalue weighted by atomic mass is 10.0. The molecule has 0 radical (unpaired) electrons. The summed E-state index contributed by atoms with van der Waals surface area (Å²) in [5.41, 5.74) is 3.10. The van der Waals surface area contributed by atoms with Crippen molar-refractivity contribution >= 4 is 44.2 Å². The maximum atomic E-state index is 13.4. The van der Waals surface area contributed by atoms with Crippen LogP contribution in [0.4, 0.5) is 0 Å². The van der Waals surface area contributed by atoms with E-state index < -0.39 is 15.9 Å². The first-order valence-electron chi connectivity index (χ1n) is 14.7. The molecule has 5 rings (SSSR count). The zero-order valence-corrected chi connectivity index (χ0v) is 27.0. The Bertz CT molecular complexity index is 2060. The van der Waals surface area contributed by atoms with Crippen molar-refractivity contribution in [3.05, 3.63) is 118 Å². The number of sulfonamides is 1. The molecule has 5 aromatic rings. The number of nitrogens with zero attached hydrogens (tertiary/aromatic N) is 3. The first-order valence-corrected chi connectivity index (χ1v) is 16.6. The zero-order valence-electron chi connectivity index (χ0n) is 25.4. The molecule has 0 bridgehead atoms. The van der Waals surface area contributed by atoms with Gasteiger partial charge in [0.05, 0.1) is 22.5 Å². The summed E-state index contributed by atoms with van der Waals surface area (Å²) in [6.07, 6.45) is 1.15. The summed E-state index contributed by atoms with van der Waals surface area (Å²) in [5, 5.41) is 6.60. The third kappa shape index (κ3) is 7.52. The number of rotatable bonds is 11. The van der Waals surface area contributed by atoms with Crippen LogP contribution in [-0.4, -0.2) is 49.0 Å². The molecule has 46 heavy (non-hydrogen) atoms. The predicted molar refractivity (Wildman–Crippen MR) is 180 cm³/mol. The minimum Gasteiger partial charge on any atom is -0.349 e. The van der Waals surface area contributed by atoms with Crippen molar-refractivity contribution in [2.75, 3.05) is 14.1 Å². The van der Waals surface area contributed by atoms with E-state index in [-0.39, 0.29) is 29.3 Å². The largest absolute Gasteiger partial charge is 0.349 e. The first-order chi connectivity index (χ1) is 22.0. The topological polar surface area (TPSA) is 118 Å². The predicted octanol–water partition coefficient (Wildman–Crippen LogP) is 5.89. The molecule has 0 fully saturated rings. The van der Waals surface area contributed by atoms with Gasteiger partial charge in [-0.3, -0.25) is 14.4 Å². The number of fused-ring (bicyclic) bond motifs is 1. The zero-order chi connectivity index (χ0) is 32.8. The second kappa shape index (κ2) is 14.1. The Labute approximate surface area is 272 Å². The van der Waals surface area contributed by atoms with Gasteiger partial charge in [0.1, 0.15) is 0 Å². The third-order valence-electron chi connectivity index (χ3n) is 7.55. The van der Waals surface area contributed by atoms with E-state index in [1.165, 1.54) is 15.6 Å². The van der Waals surface area contributed by atoms with Crippen molar-refractivity contribution in [1.82, 2.24) is 19.4 Å². The quantitative estimate of drug-likeness (QED) is 0.177. The van der Waals surface area contributed by atoms with E-state index >= 15 is 0 Å². The molecule has 236 valence electrons. The van der Waals surface area contributed by atoms with Crippen molar-refractivity contribution in [2.24, 2.45) is 0 Å². The molecule has 0 saturated carbocycles. The van der Waals surface area contributed by atoms with E-state index in [2.05, 4.69) is 4.72 Å². The van der Waals surface area contributed by atoms with E-state index in [9.17, 15) is 22.8 Å². The molecule has 2 amide bonds. The van der Waals surface area contributed by atoms with Gasteiger partial charge in [0.15, 0.2) is 0 Å². The number of benzene rings is 4. The molecule has 1 N–H and O–H groups in total. The van der Waals surface area contributed by atoms with Crippen molar-refractivity contribution in [2.45, 2.75) is 37.1 Å². The van der Waals surface area contributed by atoms with E-state index in [4.69, 9.17) is 16.7 Å². The summed E-state index contributed by atoms with van der Waals surface area (Å²) in [4.78, 5) is 39.1. The van der Waals surface area contributed by atoms with Gasteiger partial charge in [-0.1, -0.05) is 84.4 Å². The Hall–Kier alpha value is -4.80. The monoisotopic (exact) mass is 656 g/mol. The van der Waals surface area contributed by atoms with Crippen molar-refractivity contribution in [3.8, 4) is 22.4 Å². The van der Waals surface area contributed by atoms with Gasteiger partial charge in [0.25, 0.3) is 15.6 Å². The molecule has 0 atom stereocenters. The molecule has 0 spiro atoms. The van der Waals surface area contributed by atoms with Crippen LogP contribution in [0.3, 0.4) is 0 Å². The average Bonchev–Trinajstić information content (AvgIpc) is 3.05. The van der Waals surface area contributed by atoms with Gasteiger partial charge in [-0.15, -0.1) is 0 Å². The Morgan fingerprint density at radius 1 is 0.804 bits per heavy atom. The van der Waals surface area contributed by atoms with Gasteiger partial charge in [0.2, 0.25) is 11.8 Å². The Morgan fingerprint density at radius 2 is 1.41 bits per heavy atom. The van der Waals surface area contributed by atoms with Crippen LogP contribution in [0.2, 0.25) is 5.02 Å². The highest BCUT2D eigenvalue weighted by molar-refractivity contribution is 7.90. The molecule has 4 aromatic carbocycles. The van der Waals surface area contributed by atoms with E-state index in [1.807, 2.05) is 42.5 Å². The van der Waals surface area contributed by atoms with Gasteiger partial charge < -0.3 is 4.90 Å². The van der Waals surface area contributed by atoms with Crippen LogP contribution >= 0.6 is 11.6 Å². The van der Waals surface area contributed by atoms with Crippen LogP contribution in [0.1, 0.15) is 31.2 Å². The number of hydrogen-bond donors (Lipinski definition) is 1. The first kappa shape index (κ1) is 32.6. The lowest BCUT2D eigenvalue weighted by Gasteiger charge is -2.14. The number of halogens is 1. The summed E-state index contributed by atoms with van der Waals surface area (Å²) in [5.74, 6) is -0.676. The summed E-state index contributed by atoms with van der Waals surface area (Å²) in [6, 6.07) is 28.3. The molecular weight excluding hydrogens is 624 g/mol. The Morgan fingerprint density at radius 3 is 2.11 bits per heavy atom. The lowest BCUT2D eigenvalue weighted by Crippen LogP contribution is -2.30. The van der Waals surface area contributed by atoms with Crippen molar-refractivity contribution in [1.29, 1.82) is 0 Å². The summed E-state index contributed by atoms with van der Waals surface area (Å²) in [7, 11) is -0.840. The maximum absolute atomic E-state index is 13.4. The molecule has 11 heteroatoms. The van der Waals surface area contributed by atoms with Gasteiger partial charge in [-0.05, 0) is 48.2 Å². The molecule has 0 saturated heterocycles. The maximum Gasteiger partial charge on any atom is 0.274 e. The number of carbonyl (C=O) groups excluding carboxylic acids is 2.